The summed E-state index contributed by atoms with van der Waals surface area (Å²) in [6.45, 7) is 3.11. The molecule has 0 saturated heterocycles. The van der Waals surface area contributed by atoms with Crippen LogP contribution in [-0.2, 0) is 12.3 Å². The molecule has 0 aliphatic rings. The van der Waals surface area contributed by atoms with E-state index in [4.69, 9.17) is 4.98 Å². The first kappa shape index (κ1) is 13.7. The Hall–Kier alpha value is -1.26. The number of imidazole rings is 1. The maximum absolute atomic E-state index is 4.73. The molecule has 2 nitrogen and oxygen atoms in total. The second kappa shape index (κ2) is 6.02. The molecule has 0 aliphatic carbocycles. The monoisotopic (exact) mass is 346 g/mol. The molecule has 0 unspecified atom stereocenters. The number of para-hydroxylation sites is 2. The van der Waals surface area contributed by atoms with Crippen LogP contribution in [0.4, 0.5) is 0 Å². The van der Waals surface area contributed by atoms with Gasteiger partial charge in [-0.1, -0.05) is 52.0 Å². The lowest BCUT2D eigenvalue weighted by atomic mass is 10.2. The molecular weight excluding hydrogens is 332 g/mol. The molecule has 3 rings (SSSR count). The van der Waals surface area contributed by atoms with Gasteiger partial charge in [0.1, 0.15) is 0 Å². The molecule has 0 fully saturated rings. The van der Waals surface area contributed by atoms with E-state index in [0.29, 0.717) is 0 Å². The van der Waals surface area contributed by atoms with Crippen LogP contribution in [0.2, 0.25) is 0 Å². The van der Waals surface area contributed by atoms with Gasteiger partial charge in [0, 0.05) is 16.8 Å². The highest BCUT2D eigenvalue weighted by Crippen LogP contribution is 2.27. The average Bonchev–Trinajstić information content (AvgIpc) is 2.84. The van der Waals surface area contributed by atoms with E-state index in [0.717, 1.165) is 27.4 Å². The molecule has 0 bridgehead atoms. The van der Waals surface area contributed by atoms with Gasteiger partial charge in [0.15, 0.2) is 5.16 Å². The highest BCUT2D eigenvalue weighted by atomic mass is 79.9. The standard InChI is InChI=1S/C16H15BrN2S/c1-2-19-15-6-4-3-5-14(15)18-16(19)20-11-12-7-9-13(17)10-8-12/h3-10H,2,11H2,1H3. The predicted molar refractivity (Wildman–Crippen MR) is 89.1 cm³/mol. The van der Waals surface area contributed by atoms with Crippen LogP contribution in [0, 0.1) is 0 Å². The second-order valence-corrected chi connectivity index (χ2v) is 6.40. The van der Waals surface area contributed by atoms with Crippen molar-refractivity contribution in [1.29, 1.82) is 0 Å². The van der Waals surface area contributed by atoms with E-state index in [1.54, 1.807) is 11.8 Å². The molecule has 20 heavy (non-hydrogen) atoms. The highest BCUT2D eigenvalue weighted by Gasteiger charge is 2.09. The van der Waals surface area contributed by atoms with Gasteiger partial charge in [-0.2, -0.15) is 0 Å². The fourth-order valence-corrected chi connectivity index (χ4v) is 3.50. The summed E-state index contributed by atoms with van der Waals surface area (Å²) < 4.78 is 3.39. The molecule has 0 aliphatic heterocycles. The first-order valence-corrected chi connectivity index (χ1v) is 8.38. The Morgan fingerprint density at radius 2 is 1.85 bits per heavy atom. The number of aromatic nitrogens is 2. The van der Waals surface area contributed by atoms with E-state index in [1.807, 2.05) is 6.07 Å². The topological polar surface area (TPSA) is 17.8 Å². The fourth-order valence-electron chi connectivity index (χ4n) is 2.20. The van der Waals surface area contributed by atoms with Crippen molar-refractivity contribution in [3.05, 3.63) is 58.6 Å². The summed E-state index contributed by atoms with van der Waals surface area (Å²) in [7, 11) is 0. The number of nitrogens with zero attached hydrogens (tertiary/aromatic N) is 2. The number of thioether (sulfide) groups is 1. The van der Waals surface area contributed by atoms with E-state index in [9.17, 15) is 0 Å². The minimum absolute atomic E-state index is 0.941. The zero-order valence-corrected chi connectivity index (χ0v) is 13.6. The SMILES string of the molecule is CCn1c(SCc2ccc(Br)cc2)nc2ccccc21. The van der Waals surface area contributed by atoms with Gasteiger partial charge in [-0.3, -0.25) is 0 Å². The van der Waals surface area contributed by atoms with Crippen molar-refractivity contribution in [2.24, 2.45) is 0 Å². The van der Waals surface area contributed by atoms with Crippen LogP contribution in [-0.4, -0.2) is 9.55 Å². The molecule has 1 aromatic heterocycles. The summed E-state index contributed by atoms with van der Waals surface area (Å²) >= 11 is 5.26. The summed E-state index contributed by atoms with van der Waals surface area (Å²) in [5, 5.41) is 1.09. The maximum atomic E-state index is 4.73. The van der Waals surface area contributed by atoms with E-state index in [2.05, 4.69) is 69.9 Å². The third kappa shape index (κ3) is 2.76. The molecule has 3 aromatic rings. The quantitative estimate of drug-likeness (QED) is 0.610. The fraction of sp³-hybridized carbons (Fsp3) is 0.188. The van der Waals surface area contributed by atoms with Crippen LogP contribution >= 0.6 is 27.7 Å². The molecule has 102 valence electrons. The largest absolute Gasteiger partial charge is 0.319 e. The Labute approximate surface area is 131 Å². The highest BCUT2D eigenvalue weighted by molar-refractivity contribution is 9.10. The number of halogens is 1. The van der Waals surface area contributed by atoms with Crippen LogP contribution in [0.25, 0.3) is 11.0 Å². The summed E-state index contributed by atoms with van der Waals surface area (Å²) in [6.07, 6.45) is 0. The first-order valence-electron chi connectivity index (χ1n) is 6.60. The van der Waals surface area contributed by atoms with Gasteiger partial charge in [0.05, 0.1) is 11.0 Å². The van der Waals surface area contributed by atoms with Gasteiger partial charge in [-0.25, -0.2) is 4.98 Å². The van der Waals surface area contributed by atoms with Crippen molar-refractivity contribution in [2.75, 3.05) is 0 Å². The van der Waals surface area contributed by atoms with Gasteiger partial charge >= 0.3 is 0 Å². The van der Waals surface area contributed by atoms with Gasteiger partial charge in [-0.15, -0.1) is 0 Å². The number of fused-ring (bicyclic) bond motifs is 1. The van der Waals surface area contributed by atoms with Gasteiger partial charge in [0.2, 0.25) is 0 Å². The summed E-state index contributed by atoms with van der Waals surface area (Å²) in [4.78, 5) is 4.73. The van der Waals surface area contributed by atoms with Crippen molar-refractivity contribution < 1.29 is 0 Å². The Bertz CT molecular complexity index is 719. The molecular formula is C16H15BrN2S. The van der Waals surface area contributed by atoms with Crippen molar-refractivity contribution in [3.8, 4) is 0 Å². The molecule has 4 heteroatoms. The third-order valence-corrected chi connectivity index (χ3v) is 4.79. The Morgan fingerprint density at radius 3 is 2.60 bits per heavy atom. The molecule has 1 heterocycles. The zero-order valence-electron chi connectivity index (χ0n) is 11.2. The molecule has 0 spiro atoms. The number of benzene rings is 2. The Balaban J connectivity index is 1.85. The molecule has 0 amide bonds. The van der Waals surface area contributed by atoms with Crippen molar-refractivity contribution in [1.82, 2.24) is 9.55 Å². The molecule has 0 radical (unpaired) electrons. The number of hydrogen-bond acceptors (Lipinski definition) is 2. The molecule has 0 N–H and O–H groups in total. The van der Waals surface area contributed by atoms with E-state index >= 15 is 0 Å². The average molecular weight is 347 g/mol. The molecule has 2 aromatic carbocycles. The lowest BCUT2D eigenvalue weighted by molar-refractivity contribution is 0.702. The molecule has 0 atom stereocenters. The lowest BCUT2D eigenvalue weighted by Crippen LogP contribution is -1.96. The van der Waals surface area contributed by atoms with Crippen molar-refractivity contribution in [3.63, 3.8) is 0 Å². The normalized spacial score (nSPS) is 11.1. The summed E-state index contributed by atoms with van der Waals surface area (Å²) in [5.74, 6) is 0.941. The van der Waals surface area contributed by atoms with Crippen LogP contribution in [0.1, 0.15) is 12.5 Å². The van der Waals surface area contributed by atoms with Gasteiger partial charge in [-0.05, 0) is 36.8 Å². The minimum Gasteiger partial charge on any atom is -0.319 e. The number of aryl methyl sites for hydroxylation is 1. The minimum atomic E-state index is 0.941. The van der Waals surface area contributed by atoms with E-state index < -0.39 is 0 Å². The van der Waals surface area contributed by atoms with Crippen molar-refractivity contribution in [2.45, 2.75) is 24.4 Å². The van der Waals surface area contributed by atoms with Crippen molar-refractivity contribution >= 4 is 38.7 Å². The summed E-state index contributed by atoms with van der Waals surface area (Å²) in [6, 6.07) is 16.8. The van der Waals surface area contributed by atoms with E-state index in [1.165, 1.54) is 11.1 Å². The first-order chi connectivity index (χ1) is 9.78. The Morgan fingerprint density at radius 1 is 1.10 bits per heavy atom. The second-order valence-electron chi connectivity index (χ2n) is 4.54. The maximum Gasteiger partial charge on any atom is 0.169 e. The number of hydrogen-bond donors (Lipinski definition) is 0. The van der Waals surface area contributed by atoms with E-state index in [-0.39, 0.29) is 0 Å². The molecule has 0 saturated carbocycles. The van der Waals surface area contributed by atoms with Gasteiger partial charge < -0.3 is 4.57 Å². The lowest BCUT2D eigenvalue weighted by Gasteiger charge is -2.05. The Kier molecular flexibility index (Phi) is 4.13. The summed E-state index contributed by atoms with van der Waals surface area (Å²) in [5.41, 5.74) is 3.61. The van der Waals surface area contributed by atoms with Crippen LogP contribution in [0.5, 0.6) is 0 Å². The smallest absolute Gasteiger partial charge is 0.169 e. The van der Waals surface area contributed by atoms with Crippen LogP contribution < -0.4 is 0 Å². The zero-order chi connectivity index (χ0) is 13.9. The predicted octanol–water partition coefficient (Wildman–Crippen LogP) is 5.11. The van der Waals surface area contributed by atoms with Crippen LogP contribution in [0.3, 0.4) is 0 Å². The van der Waals surface area contributed by atoms with Crippen LogP contribution in [0.15, 0.2) is 58.2 Å². The third-order valence-electron chi connectivity index (χ3n) is 3.22. The van der Waals surface area contributed by atoms with Gasteiger partial charge in [0.25, 0.3) is 0 Å². The number of rotatable bonds is 4.